The number of benzene rings is 3. The fraction of sp³-hybridized carbons (Fsp3) is 0.192. The summed E-state index contributed by atoms with van der Waals surface area (Å²) in [6.45, 7) is -0.839. The number of hydrogen-bond acceptors (Lipinski definition) is 9. The van der Waals surface area contributed by atoms with Crippen molar-refractivity contribution in [2.75, 3.05) is 38.8 Å². The van der Waals surface area contributed by atoms with Crippen LogP contribution in [0.5, 0.6) is 17.2 Å². The summed E-state index contributed by atoms with van der Waals surface area (Å²) in [6, 6.07) is 18.9. The number of anilines is 1. The van der Waals surface area contributed by atoms with Crippen molar-refractivity contribution in [1.82, 2.24) is 5.43 Å². The number of rotatable bonds is 12. The van der Waals surface area contributed by atoms with Crippen molar-refractivity contribution in [2.45, 2.75) is 4.90 Å². The Kier molecular flexibility index (Phi) is 9.66. The van der Waals surface area contributed by atoms with E-state index >= 15 is 0 Å². The zero-order chi connectivity index (χ0) is 27.5. The van der Waals surface area contributed by atoms with Gasteiger partial charge >= 0.3 is 5.97 Å². The van der Waals surface area contributed by atoms with Crippen molar-refractivity contribution in [3.63, 3.8) is 0 Å². The van der Waals surface area contributed by atoms with Crippen LogP contribution < -0.4 is 23.9 Å². The Morgan fingerprint density at radius 1 is 0.921 bits per heavy atom. The highest BCUT2D eigenvalue weighted by Gasteiger charge is 2.29. The van der Waals surface area contributed by atoms with Gasteiger partial charge in [0.1, 0.15) is 23.8 Å². The lowest BCUT2D eigenvalue weighted by atomic mass is 10.2. The fourth-order valence-corrected chi connectivity index (χ4v) is 4.69. The number of methoxy groups -OCH3 is 3. The zero-order valence-corrected chi connectivity index (χ0v) is 21.8. The van der Waals surface area contributed by atoms with Gasteiger partial charge in [0.2, 0.25) is 0 Å². The molecule has 0 aromatic heterocycles. The zero-order valence-electron chi connectivity index (χ0n) is 21.0. The highest BCUT2D eigenvalue weighted by atomic mass is 32.2. The maximum Gasteiger partial charge on any atom is 0.343 e. The number of sulfonamides is 1. The highest BCUT2D eigenvalue weighted by molar-refractivity contribution is 7.92. The summed E-state index contributed by atoms with van der Waals surface area (Å²) in [6.07, 6.45) is 1.35. The predicted octanol–water partition coefficient (Wildman–Crippen LogP) is 2.60. The maximum absolute atomic E-state index is 13.5. The Morgan fingerprint density at radius 2 is 1.68 bits per heavy atom. The van der Waals surface area contributed by atoms with Crippen LogP contribution >= 0.6 is 0 Å². The normalized spacial score (nSPS) is 11.0. The van der Waals surface area contributed by atoms with E-state index in [4.69, 9.17) is 14.2 Å². The van der Waals surface area contributed by atoms with E-state index in [9.17, 15) is 18.0 Å². The van der Waals surface area contributed by atoms with Crippen molar-refractivity contribution >= 4 is 33.8 Å². The van der Waals surface area contributed by atoms with Crippen LogP contribution in [0, 0.1) is 0 Å². The van der Waals surface area contributed by atoms with Crippen LogP contribution in [0.25, 0.3) is 0 Å². The van der Waals surface area contributed by atoms with Crippen molar-refractivity contribution < 1.29 is 37.0 Å². The Balaban J connectivity index is 1.81. The fourth-order valence-electron chi connectivity index (χ4n) is 3.24. The molecular weight excluding hydrogens is 514 g/mol. The van der Waals surface area contributed by atoms with Crippen LogP contribution in [0.15, 0.2) is 82.8 Å². The number of ether oxygens (including phenoxy) is 4. The third kappa shape index (κ3) is 7.23. The van der Waals surface area contributed by atoms with Gasteiger partial charge in [-0.1, -0.05) is 30.3 Å². The molecule has 0 aliphatic rings. The number of hydrogen-bond donors (Lipinski definition) is 1. The molecule has 0 aliphatic heterocycles. The molecule has 11 nitrogen and oxygen atoms in total. The van der Waals surface area contributed by atoms with Gasteiger partial charge in [-0.15, -0.1) is 0 Å². The van der Waals surface area contributed by atoms with Gasteiger partial charge < -0.3 is 18.9 Å². The standard InChI is InChI=1S/C26H27N3O8S/c1-34-20-12-13-23(24(15-20)35-2)29(38(32,33)22-10-5-4-6-11-22)17-25(30)28-27-16-19-8-7-9-21(14-19)37-18-26(31)36-3/h4-16H,17-18H2,1-3H3,(H,28,30)/b27-16-. The number of carbonyl (C=O) groups excluding carboxylic acids is 2. The number of hydrazone groups is 1. The summed E-state index contributed by atoms with van der Waals surface area (Å²) in [7, 11) is -0.0365. The average molecular weight is 542 g/mol. The maximum atomic E-state index is 13.5. The van der Waals surface area contributed by atoms with E-state index < -0.39 is 28.4 Å². The van der Waals surface area contributed by atoms with Crippen molar-refractivity contribution in [1.29, 1.82) is 0 Å². The number of carbonyl (C=O) groups is 2. The van der Waals surface area contributed by atoms with Gasteiger partial charge in [0, 0.05) is 6.07 Å². The minimum absolute atomic E-state index is 0.00191. The molecule has 0 unspecified atom stereocenters. The topological polar surface area (TPSA) is 133 Å². The summed E-state index contributed by atoms with van der Waals surface area (Å²) < 4.78 is 48.4. The molecule has 12 heteroatoms. The molecule has 3 aromatic carbocycles. The third-order valence-electron chi connectivity index (χ3n) is 5.12. The van der Waals surface area contributed by atoms with Crippen molar-refractivity contribution in [3.8, 4) is 17.2 Å². The van der Waals surface area contributed by atoms with E-state index in [0.29, 0.717) is 17.1 Å². The van der Waals surface area contributed by atoms with E-state index in [2.05, 4.69) is 15.3 Å². The molecular formula is C26H27N3O8S. The summed E-state index contributed by atoms with van der Waals surface area (Å²) in [5.74, 6) is -0.174. The average Bonchev–Trinajstić information content (AvgIpc) is 2.95. The lowest BCUT2D eigenvalue weighted by molar-refractivity contribution is -0.142. The van der Waals surface area contributed by atoms with E-state index in [-0.39, 0.29) is 22.9 Å². The first kappa shape index (κ1) is 28.0. The largest absolute Gasteiger partial charge is 0.497 e. The van der Waals surface area contributed by atoms with Gasteiger partial charge in [0.05, 0.1) is 38.1 Å². The molecule has 3 aromatic rings. The van der Waals surface area contributed by atoms with Gasteiger partial charge in [-0.05, 0) is 42.0 Å². The van der Waals surface area contributed by atoms with Crippen LogP contribution in [0.1, 0.15) is 5.56 Å². The SMILES string of the molecule is COC(=O)COc1cccc(/C=N\NC(=O)CN(c2ccc(OC)cc2OC)S(=O)(=O)c2ccccc2)c1. The first-order valence-corrected chi connectivity index (χ1v) is 12.6. The molecule has 3 rings (SSSR count). The number of nitrogens with one attached hydrogen (secondary N) is 1. The van der Waals surface area contributed by atoms with E-state index in [1.54, 1.807) is 48.5 Å². The highest BCUT2D eigenvalue weighted by Crippen LogP contribution is 2.35. The van der Waals surface area contributed by atoms with Crippen LogP contribution in [0.2, 0.25) is 0 Å². The molecule has 38 heavy (non-hydrogen) atoms. The van der Waals surface area contributed by atoms with E-state index in [1.807, 2.05) is 0 Å². The molecule has 0 fully saturated rings. The van der Waals surface area contributed by atoms with Gasteiger partial charge in [-0.25, -0.2) is 18.6 Å². The predicted molar refractivity (Wildman–Crippen MR) is 140 cm³/mol. The smallest absolute Gasteiger partial charge is 0.343 e. The molecule has 0 atom stereocenters. The Bertz CT molecular complexity index is 1390. The molecule has 0 heterocycles. The van der Waals surface area contributed by atoms with Gasteiger partial charge in [-0.2, -0.15) is 5.10 Å². The molecule has 0 bridgehead atoms. The van der Waals surface area contributed by atoms with Crippen molar-refractivity contribution in [3.05, 3.63) is 78.4 Å². The van der Waals surface area contributed by atoms with Crippen LogP contribution in [-0.2, 0) is 24.3 Å². The first-order valence-electron chi connectivity index (χ1n) is 11.2. The molecule has 200 valence electrons. The molecule has 0 aliphatic carbocycles. The lowest BCUT2D eigenvalue weighted by Crippen LogP contribution is -2.39. The Morgan fingerprint density at radius 3 is 2.37 bits per heavy atom. The molecule has 0 radical (unpaired) electrons. The Labute approximate surface area is 220 Å². The lowest BCUT2D eigenvalue weighted by Gasteiger charge is -2.25. The van der Waals surface area contributed by atoms with Crippen LogP contribution in [0.3, 0.4) is 0 Å². The second-order valence-corrected chi connectivity index (χ2v) is 9.46. The molecule has 0 spiro atoms. The minimum Gasteiger partial charge on any atom is -0.497 e. The van der Waals surface area contributed by atoms with E-state index in [1.165, 1.54) is 51.8 Å². The van der Waals surface area contributed by atoms with Crippen molar-refractivity contribution in [2.24, 2.45) is 5.10 Å². The van der Waals surface area contributed by atoms with Gasteiger partial charge in [-0.3, -0.25) is 9.10 Å². The monoisotopic (exact) mass is 541 g/mol. The summed E-state index contributed by atoms with van der Waals surface area (Å²) >= 11 is 0. The molecule has 1 amide bonds. The molecule has 0 saturated heterocycles. The first-order chi connectivity index (χ1) is 18.3. The van der Waals surface area contributed by atoms with Crippen LogP contribution in [0.4, 0.5) is 5.69 Å². The third-order valence-corrected chi connectivity index (χ3v) is 6.89. The summed E-state index contributed by atoms with van der Waals surface area (Å²) in [4.78, 5) is 24.1. The Hall–Kier alpha value is -4.58. The van der Waals surface area contributed by atoms with Gasteiger partial charge in [0.15, 0.2) is 6.61 Å². The number of esters is 1. The second-order valence-electron chi connectivity index (χ2n) is 7.59. The summed E-state index contributed by atoms with van der Waals surface area (Å²) in [5, 5.41) is 3.92. The quantitative estimate of drug-likeness (QED) is 0.210. The van der Waals surface area contributed by atoms with Gasteiger partial charge in [0.25, 0.3) is 15.9 Å². The van der Waals surface area contributed by atoms with E-state index in [0.717, 1.165) is 4.31 Å². The molecule has 1 N–H and O–H groups in total. The number of amides is 1. The second kappa shape index (κ2) is 13.1. The molecule has 0 saturated carbocycles. The minimum atomic E-state index is -4.15. The van der Waals surface area contributed by atoms with Crippen LogP contribution in [-0.4, -0.2) is 61.0 Å². The number of nitrogens with zero attached hydrogens (tertiary/aromatic N) is 2. The summed E-state index contributed by atoms with van der Waals surface area (Å²) in [5.41, 5.74) is 3.05.